The zero-order valence-electron chi connectivity index (χ0n) is 19.3. The number of rotatable bonds is 6. The van der Waals surface area contributed by atoms with E-state index >= 15 is 0 Å². The van der Waals surface area contributed by atoms with Crippen LogP contribution in [-0.2, 0) is 9.59 Å². The molecule has 0 spiro atoms. The van der Waals surface area contributed by atoms with Gasteiger partial charge in [0.25, 0.3) is 0 Å². The molecule has 2 aromatic rings. The second-order valence-corrected chi connectivity index (χ2v) is 8.75. The van der Waals surface area contributed by atoms with E-state index in [1.54, 1.807) is 11.0 Å². The summed E-state index contributed by atoms with van der Waals surface area (Å²) in [5.41, 5.74) is 1.24. The number of hydrogen-bond acceptors (Lipinski definition) is 7. The summed E-state index contributed by atoms with van der Waals surface area (Å²) in [6.45, 7) is 3.93. The maximum absolute atomic E-state index is 13.3. The largest absolute Gasteiger partial charge is 0.461 e. The van der Waals surface area contributed by atoms with Gasteiger partial charge in [0.1, 0.15) is 35.3 Å². The predicted octanol–water partition coefficient (Wildman–Crippen LogP) is 3.00. The van der Waals surface area contributed by atoms with E-state index in [0.717, 1.165) is 55.5 Å². The van der Waals surface area contributed by atoms with Crippen molar-refractivity contribution in [1.29, 1.82) is 10.5 Å². The lowest BCUT2D eigenvalue weighted by Crippen LogP contribution is -2.49. The molecule has 4 rings (SSSR count). The molecule has 2 aliphatic rings. The Labute approximate surface area is 198 Å². The average molecular weight is 461 g/mol. The zero-order chi connectivity index (χ0) is 24.1. The number of nitrogens with zero attached hydrogens (tertiary/aromatic N) is 4. The molecule has 1 aromatic heterocycles. The molecule has 34 heavy (non-hydrogen) atoms. The third-order valence-electron chi connectivity index (χ3n) is 6.27. The smallest absolute Gasteiger partial charge is 0.245 e. The third kappa shape index (κ3) is 5.15. The fourth-order valence-electron chi connectivity index (χ4n) is 4.51. The number of amides is 2. The van der Waals surface area contributed by atoms with Crippen LogP contribution >= 0.6 is 0 Å². The van der Waals surface area contributed by atoms with Crippen LogP contribution in [0.5, 0.6) is 0 Å². The quantitative estimate of drug-likeness (QED) is 0.635. The summed E-state index contributed by atoms with van der Waals surface area (Å²) in [6.07, 6.45) is 4.13. The average Bonchev–Trinajstić information content (AvgIpc) is 3.45. The Morgan fingerprint density at radius 1 is 1.12 bits per heavy atom. The van der Waals surface area contributed by atoms with Gasteiger partial charge in [-0.3, -0.25) is 9.59 Å². The lowest BCUT2D eigenvalue weighted by molar-refractivity contribution is -0.140. The van der Waals surface area contributed by atoms with Crippen molar-refractivity contribution in [2.75, 3.05) is 31.5 Å². The molecule has 0 unspecified atom stereocenters. The molecule has 0 radical (unpaired) electrons. The molecule has 2 fully saturated rings. The van der Waals surface area contributed by atoms with Gasteiger partial charge in [-0.2, -0.15) is 10.5 Å². The molecule has 9 heteroatoms. The van der Waals surface area contributed by atoms with E-state index in [0.29, 0.717) is 18.7 Å². The number of furan rings is 1. The van der Waals surface area contributed by atoms with Gasteiger partial charge in [-0.25, -0.2) is 0 Å². The van der Waals surface area contributed by atoms with Crippen LogP contribution in [0, 0.1) is 29.6 Å². The van der Waals surface area contributed by atoms with Crippen LogP contribution in [0.25, 0.3) is 11.0 Å². The molecule has 0 aliphatic carbocycles. The second-order valence-electron chi connectivity index (χ2n) is 8.75. The Bertz CT molecular complexity index is 1180. The van der Waals surface area contributed by atoms with Crippen molar-refractivity contribution in [3.8, 4) is 12.1 Å². The van der Waals surface area contributed by atoms with Gasteiger partial charge in [-0.1, -0.05) is 0 Å². The number of nitrogens with one attached hydrogen (secondary N) is 2. The minimum Gasteiger partial charge on any atom is -0.461 e. The fraction of sp³-hybridized carbons (Fsp3) is 0.440. The highest BCUT2D eigenvalue weighted by atomic mass is 16.3. The van der Waals surface area contributed by atoms with Crippen molar-refractivity contribution in [1.82, 2.24) is 15.1 Å². The SMILES string of the molecule is Cc1cc2cc(NC(N[C@H]3CCCCN(CC(=O)N4CCCC4)C3=O)=C(C#N)C#N)ccc2o1. The number of allylic oxidation sites excluding steroid dienone is 1. The third-order valence-corrected chi connectivity index (χ3v) is 6.27. The van der Waals surface area contributed by atoms with E-state index in [2.05, 4.69) is 10.6 Å². The number of carbonyl (C=O) groups excluding carboxylic acids is 2. The molecular formula is C25H28N6O3. The van der Waals surface area contributed by atoms with Gasteiger partial charge in [0.05, 0.1) is 6.54 Å². The van der Waals surface area contributed by atoms with E-state index in [9.17, 15) is 20.1 Å². The molecule has 0 bridgehead atoms. The van der Waals surface area contributed by atoms with Crippen molar-refractivity contribution < 1.29 is 14.0 Å². The van der Waals surface area contributed by atoms with Crippen LogP contribution in [0.3, 0.4) is 0 Å². The number of hydrogen-bond donors (Lipinski definition) is 2. The summed E-state index contributed by atoms with van der Waals surface area (Å²) in [5, 5.41) is 26.1. The monoisotopic (exact) mass is 460 g/mol. The summed E-state index contributed by atoms with van der Waals surface area (Å²) in [6, 6.07) is 10.5. The minimum absolute atomic E-state index is 0.0289. The van der Waals surface area contributed by atoms with Crippen LogP contribution in [0.4, 0.5) is 5.69 Å². The first-order chi connectivity index (χ1) is 16.5. The van der Waals surface area contributed by atoms with Gasteiger partial charge in [-0.05, 0) is 63.3 Å². The molecule has 2 amide bonds. The van der Waals surface area contributed by atoms with Crippen LogP contribution in [0.15, 0.2) is 40.1 Å². The summed E-state index contributed by atoms with van der Waals surface area (Å²) in [7, 11) is 0. The lowest BCUT2D eigenvalue weighted by atomic mass is 10.1. The van der Waals surface area contributed by atoms with Crippen molar-refractivity contribution in [2.45, 2.75) is 45.1 Å². The summed E-state index contributed by atoms with van der Waals surface area (Å²) < 4.78 is 5.61. The molecular weight excluding hydrogens is 432 g/mol. The van der Waals surface area contributed by atoms with Crippen molar-refractivity contribution >= 4 is 28.5 Å². The Kier molecular flexibility index (Phi) is 7.03. The zero-order valence-corrected chi connectivity index (χ0v) is 19.3. The number of fused-ring (bicyclic) bond motifs is 1. The number of aryl methyl sites for hydroxylation is 1. The van der Waals surface area contributed by atoms with Gasteiger partial charge < -0.3 is 24.9 Å². The molecule has 2 aliphatic heterocycles. The maximum atomic E-state index is 13.3. The Balaban J connectivity index is 1.53. The summed E-state index contributed by atoms with van der Waals surface area (Å²) >= 11 is 0. The van der Waals surface area contributed by atoms with E-state index < -0.39 is 6.04 Å². The molecule has 3 heterocycles. The maximum Gasteiger partial charge on any atom is 0.245 e. The first-order valence-corrected chi connectivity index (χ1v) is 11.6. The Morgan fingerprint density at radius 2 is 1.85 bits per heavy atom. The van der Waals surface area contributed by atoms with E-state index in [1.807, 2.05) is 42.2 Å². The van der Waals surface area contributed by atoms with Crippen LogP contribution in [0.2, 0.25) is 0 Å². The number of likely N-dealkylation sites (tertiary alicyclic amines) is 2. The Morgan fingerprint density at radius 3 is 2.59 bits per heavy atom. The number of nitriles is 2. The summed E-state index contributed by atoms with van der Waals surface area (Å²) in [4.78, 5) is 29.4. The van der Waals surface area contributed by atoms with Crippen LogP contribution in [-0.4, -0.2) is 53.8 Å². The van der Waals surface area contributed by atoms with Crippen molar-refractivity contribution in [3.63, 3.8) is 0 Å². The number of benzene rings is 1. The summed E-state index contributed by atoms with van der Waals surface area (Å²) in [5.74, 6) is 0.735. The normalized spacial score (nSPS) is 18.2. The fourth-order valence-corrected chi connectivity index (χ4v) is 4.51. The molecule has 2 N–H and O–H groups in total. The van der Waals surface area contributed by atoms with Gasteiger partial charge in [0.2, 0.25) is 11.8 Å². The first-order valence-electron chi connectivity index (χ1n) is 11.6. The predicted molar refractivity (Wildman–Crippen MR) is 126 cm³/mol. The molecule has 2 saturated heterocycles. The highest BCUT2D eigenvalue weighted by Crippen LogP contribution is 2.24. The van der Waals surface area contributed by atoms with Gasteiger partial charge in [-0.15, -0.1) is 0 Å². The van der Waals surface area contributed by atoms with Gasteiger partial charge in [0.15, 0.2) is 5.57 Å². The number of anilines is 1. The molecule has 1 aromatic carbocycles. The minimum atomic E-state index is -0.645. The lowest BCUT2D eigenvalue weighted by Gasteiger charge is -2.27. The Hall–Kier alpha value is -3.98. The van der Waals surface area contributed by atoms with Gasteiger partial charge in [0, 0.05) is 30.7 Å². The van der Waals surface area contributed by atoms with Crippen LogP contribution in [0.1, 0.15) is 37.9 Å². The van der Waals surface area contributed by atoms with Crippen LogP contribution < -0.4 is 10.6 Å². The molecule has 9 nitrogen and oxygen atoms in total. The van der Waals surface area contributed by atoms with E-state index in [1.165, 1.54) is 0 Å². The van der Waals surface area contributed by atoms with Gasteiger partial charge >= 0.3 is 0 Å². The first kappa shape index (κ1) is 23.2. The molecule has 1 atom stereocenters. The van der Waals surface area contributed by atoms with E-state index in [4.69, 9.17) is 4.42 Å². The topological polar surface area (TPSA) is 125 Å². The number of carbonyl (C=O) groups is 2. The van der Waals surface area contributed by atoms with Crippen molar-refractivity contribution in [2.24, 2.45) is 0 Å². The second kappa shape index (κ2) is 10.3. The molecule has 176 valence electrons. The highest BCUT2D eigenvalue weighted by molar-refractivity contribution is 5.88. The molecule has 0 saturated carbocycles. The van der Waals surface area contributed by atoms with E-state index in [-0.39, 0.29) is 29.8 Å². The van der Waals surface area contributed by atoms with Crippen molar-refractivity contribution in [3.05, 3.63) is 41.4 Å². The standard InChI is InChI=1S/C25H28N6O3/c1-17-12-18-13-20(7-8-22(18)34-17)28-24(19(14-26)15-27)29-21-6-2-3-11-31(25(21)33)16-23(32)30-9-4-5-10-30/h7-8,12-13,21,28-29H,2-6,9-11,16H2,1H3/t21-/m0/s1. The highest BCUT2D eigenvalue weighted by Gasteiger charge is 2.31.